The first-order chi connectivity index (χ1) is 24.5. The molecule has 0 aliphatic heterocycles. The van der Waals surface area contributed by atoms with Crippen molar-refractivity contribution in [1.82, 2.24) is 10.2 Å². The standard InChI is InChI=1S/C45H90N2O3/c1-5-8-11-14-17-26-33-42-50-45(49)37-30-23-19-25-32-40-47(41-38-46-43(4)48)39-31-24-18-22-29-36-44(34-27-20-15-12-9-6-2)35-28-21-16-13-10-7-3/h44H,5-42H2,1-4H3,(H,46,48). The predicted octanol–water partition coefficient (Wildman–Crippen LogP) is 13.5. The minimum atomic E-state index is -0.0127. The van der Waals surface area contributed by atoms with Gasteiger partial charge in [-0.15, -0.1) is 0 Å². The Kier molecular flexibility index (Phi) is 39.8. The number of unbranched alkanes of at least 4 members (excludes halogenated alkanes) is 24. The second-order valence-corrected chi connectivity index (χ2v) is 15.7. The number of hydrogen-bond acceptors (Lipinski definition) is 4. The van der Waals surface area contributed by atoms with Gasteiger partial charge in [0.1, 0.15) is 0 Å². The Morgan fingerprint density at radius 1 is 0.480 bits per heavy atom. The van der Waals surface area contributed by atoms with Crippen LogP contribution in [0.25, 0.3) is 0 Å². The molecule has 0 heterocycles. The number of rotatable bonds is 41. The minimum absolute atomic E-state index is 0.0127. The Morgan fingerprint density at radius 3 is 1.30 bits per heavy atom. The number of nitrogens with zero attached hydrogens (tertiary/aromatic N) is 1. The second-order valence-electron chi connectivity index (χ2n) is 15.7. The fourth-order valence-corrected chi connectivity index (χ4v) is 7.34. The van der Waals surface area contributed by atoms with Gasteiger partial charge in [0, 0.05) is 26.4 Å². The number of carbonyl (C=O) groups excluding carboxylic acids is 2. The van der Waals surface area contributed by atoms with Crippen LogP contribution in [-0.4, -0.2) is 49.6 Å². The highest BCUT2D eigenvalue weighted by molar-refractivity contribution is 5.72. The molecule has 0 saturated carbocycles. The van der Waals surface area contributed by atoms with E-state index in [1.165, 1.54) is 186 Å². The largest absolute Gasteiger partial charge is 0.466 e. The molecule has 298 valence electrons. The summed E-state index contributed by atoms with van der Waals surface area (Å²) in [7, 11) is 0. The molecule has 0 aliphatic rings. The fourth-order valence-electron chi connectivity index (χ4n) is 7.34. The van der Waals surface area contributed by atoms with Crippen molar-refractivity contribution in [2.45, 2.75) is 240 Å². The average molecular weight is 707 g/mol. The molecule has 0 saturated heterocycles. The van der Waals surface area contributed by atoms with Gasteiger partial charge in [0.15, 0.2) is 0 Å². The maximum absolute atomic E-state index is 12.0. The molecule has 0 aliphatic carbocycles. The molecule has 1 N–H and O–H groups in total. The van der Waals surface area contributed by atoms with Gasteiger partial charge in [-0.3, -0.25) is 9.59 Å². The van der Waals surface area contributed by atoms with Gasteiger partial charge in [0.2, 0.25) is 5.91 Å². The molecule has 0 aromatic rings. The second kappa shape index (κ2) is 40.7. The van der Waals surface area contributed by atoms with Gasteiger partial charge in [-0.05, 0) is 44.7 Å². The molecule has 5 nitrogen and oxygen atoms in total. The van der Waals surface area contributed by atoms with E-state index in [4.69, 9.17) is 4.74 Å². The van der Waals surface area contributed by atoms with Crippen molar-refractivity contribution < 1.29 is 14.3 Å². The molecule has 1 amide bonds. The molecular weight excluding hydrogens is 617 g/mol. The minimum Gasteiger partial charge on any atom is -0.466 e. The van der Waals surface area contributed by atoms with E-state index >= 15 is 0 Å². The quantitative estimate of drug-likeness (QED) is 0.0508. The number of amides is 1. The van der Waals surface area contributed by atoms with Crippen LogP contribution in [0.3, 0.4) is 0 Å². The van der Waals surface area contributed by atoms with E-state index in [2.05, 4.69) is 31.0 Å². The summed E-state index contributed by atoms with van der Waals surface area (Å²) >= 11 is 0. The summed E-state index contributed by atoms with van der Waals surface area (Å²) in [6, 6.07) is 0. The molecular formula is C45H90N2O3. The van der Waals surface area contributed by atoms with E-state index in [0.29, 0.717) is 13.0 Å². The summed E-state index contributed by atoms with van der Waals surface area (Å²) in [5.74, 6) is 1.02. The van der Waals surface area contributed by atoms with Gasteiger partial charge >= 0.3 is 5.97 Å². The van der Waals surface area contributed by atoms with Crippen molar-refractivity contribution in [3.05, 3.63) is 0 Å². The topological polar surface area (TPSA) is 58.6 Å². The average Bonchev–Trinajstić information content (AvgIpc) is 3.10. The third-order valence-corrected chi connectivity index (χ3v) is 10.7. The number of hydrogen-bond donors (Lipinski definition) is 1. The molecule has 0 radical (unpaired) electrons. The van der Waals surface area contributed by atoms with E-state index in [-0.39, 0.29) is 11.9 Å². The molecule has 0 bridgehead atoms. The Balaban J connectivity index is 4.13. The van der Waals surface area contributed by atoms with Gasteiger partial charge in [-0.25, -0.2) is 0 Å². The SMILES string of the molecule is CCCCCCCCCOC(=O)CCCCCCCN(CCCCCCCC(CCCCCCCC)CCCCCCCC)CCNC(C)=O. The normalized spacial score (nSPS) is 11.6. The van der Waals surface area contributed by atoms with Crippen LogP contribution in [-0.2, 0) is 14.3 Å². The summed E-state index contributed by atoms with van der Waals surface area (Å²) in [6.45, 7) is 13.0. The van der Waals surface area contributed by atoms with E-state index in [9.17, 15) is 9.59 Å². The molecule has 50 heavy (non-hydrogen) atoms. The molecule has 0 fully saturated rings. The van der Waals surface area contributed by atoms with Crippen LogP contribution in [0.1, 0.15) is 240 Å². The molecule has 0 atom stereocenters. The number of carbonyl (C=O) groups is 2. The highest BCUT2D eigenvalue weighted by Crippen LogP contribution is 2.25. The van der Waals surface area contributed by atoms with Crippen molar-refractivity contribution in [2.24, 2.45) is 5.92 Å². The Bertz CT molecular complexity index is 684. The first-order valence-electron chi connectivity index (χ1n) is 22.7. The third-order valence-electron chi connectivity index (χ3n) is 10.7. The van der Waals surface area contributed by atoms with Crippen molar-refractivity contribution in [3.63, 3.8) is 0 Å². The van der Waals surface area contributed by atoms with Gasteiger partial charge in [0.25, 0.3) is 0 Å². The van der Waals surface area contributed by atoms with Crippen LogP contribution in [0.15, 0.2) is 0 Å². The van der Waals surface area contributed by atoms with Crippen molar-refractivity contribution in [1.29, 1.82) is 0 Å². The summed E-state index contributed by atoms with van der Waals surface area (Å²) in [6.07, 6.45) is 43.1. The monoisotopic (exact) mass is 707 g/mol. The summed E-state index contributed by atoms with van der Waals surface area (Å²) in [4.78, 5) is 26.0. The molecule has 0 rings (SSSR count). The van der Waals surface area contributed by atoms with Crippen LogP contribution >= 0.6 is 0 Å². The van der Waals surface area contributed by atoms with Crippen LogP contribution in [0, 0.1) is 5.92 Å². The van der Waals surface area contributed by atoms with Crippen LogP contribution in [0.5, 0.6) is 0 Å². The number of nitrogens with one attached hydrogen (secondary N) is 1. The van der Waals surface area contributed by atoms with Crippen LogP contribution in [0.4, 0.5) is 0 Å². The maximum Gasteiger partial charge on any atom is 0.305 e. The number of ether oxygens (including phenoxy) is 1. The zero-order chi connectivity index (χ0) is 36.6. The zero-order valence-corrected chi connectivity index (χ0v) is 34.6. The van der Waals surface area contributed by atoms with Crippen LogP contribution in [0.2, 0.25) is 0 Å². The van der Waals surface area contributed by atoms with E-state index in [0.717, 1.165) is 51.4 Å². The Hall–Kier alpha value is -1.10. The smallest absolute Gasteiger partial charge is 0.305 e. The van der Waals surface area contributed by atoms with Crippen molar-refractivity contribution in [3.8, 4) is 0 Å². The molecule has 5 heteroatoms. The lowest BCUT2D eigenvalue weighted by Gasteiger charge is -2.22. The number of esters is 1. The predicted molar refractivity (Wildman–Crippen MR) is 219 cm³/mol. The Morgan fingerprint density at radius 2 is 0.860 bits per heavy atom. The summed E-state index contributed by atoms with van der Waals surface area (Å²) in [5, 5.41) is 2.99. The molecule has 0 aromatic heterocycles. The van der Waals surface area contributed by atoms with Crippen LogP contribution < -0.4 is 5.32 Å². The zero-order valence-electron chi connectivity index (χ0n) is 34.6. The van der Waals surface area contributed by atoms with E-state index in [1.54, 1.807) is 6.92 Å². The van der Waals surface area contributed by atoms with Crippen molar-refractivity contribution in [2.75, 3.05) is 32.8 Å². The molecule has 0 spiro atoms. The fraction of sp³-hybridized carbons (Fsp3) is 0.956. The van der Waals surface area contributed by atoms with E-state index < -0.39 is 0 Å². The lowest BCUT2D eigenvalue weighted by Crippen LogP contribution is -2.35. The first kappa shape index (κ1) is 48.9. The van der Waals surface area contributed by atoms with E-state index in [1.807, 2.05) is 0 Å². The van der Waals surface area contributed by atoms with Crippen molar-refractivity contribution >= 4 is 11.9 Å². The van der Waals surface area contributed by atoms with Gasteiger partial charge in [-0.1, -0.05) is 201 Å². The Labute approximate surface area is 314 Å². The first-order valence-corrected chi connectivity index (χ1v) is 22.7. The highest BCUT2D eigenvalue weighted by Gasteiger charge is 2.10. The van der Waals surface area contributed by atoms with Gasteiger partial charge in [0.05, 0.1) is 6.61 Å². The summed E-state index contributed by atoms with van der Waals surface area (Å²) < 4.78 is 5.44. The maximum atomic E-state index is 12.0. The highest BCUT2D eigenvalue weighted by atomic mass is 16.5. The molecule has 0 aromatic carbocycles. The summed E-state index contributed by atoms with van der Waals surface area (Å²) in [5.41, 5.74) is 0. The lowest BCUT2D eigenvalue weighted by molar-refractivity contribution is -0.143. The lowest BCUT2D eigenvalue weighted by atomic mass is 9.89. The third kappa shape index (κ3) is 38.1. The van der Waals surface area contributed by atoms with Gasteiger partial charge < -0.3 is 15.0 Å². The van der Waals surface area contributed by atoms with Gasteiger partial charge in [-0.2, -0.15) is 0 Å². The molecule has 0 unspecified atom stereocenters.